The van der Waals surface area contributed by atoms with Crippen LogP contribution in [0.1, 0.15) is 35.2 Å². The molecule has 3 rings (SSSR count). The van der Waals surface area contributed by atoms with Gasteiger partial charge >= 0.3 is 0 Å². The minimum absolute atomic E-state index is 0.279. The molecule has 1 aromatic heterocycles. The molecule has 0 fully saturated rings. The van der Waals surface area contributed by atoms with Gasteiger partial charge in [-0.25, -0.2) is 0 Å². The van der Waals surface area contributed by atoms with E-state index in [1.54, 1.807) is 6.07 Å². The van der Waals surface area contributed by atoms with Crippen molar-refractivity contribution >= 4 is 22.6 Å². The van der Waals surface area contributed by atoms with Gasteiger partial charge < -0.3 is 15.5 Å². The van der Waals surface area contributed by atoms with Crippen LogP contribution in [-0.2, 0) is 11.2 Å². The number of carbonyl (C=O) groups excluding carboxylic acids is 2. The molecule has 5 nitrogen and oxygen atoms in total. The van der Waals surface area contributed by atoms with Crippen molar-refractivity contribution in [3.63, 3.8) is 0 Å². The summed E-state index contributed by atoms with van der Waals surface area (Å²) in [7, 11) is 0. The lowest BCUT2D eigenvalue weighted by atomic mass is 10.1. The summed E-state index contributed by atoms with van der Waals surface area (Å²) >= 11 is 0. The number of hydrogen-bond acceptors (Lipinski definition) is 3. The minimum atomic E-state index is -0.962. The first-order valence-electron chi connectivity index (χ1n) is 8.77. The van der Waals surface area contributed by atoms with Crippen LogP contribution in [0.2, 0.25) is 0 Å². The smallest absolute Gasteiger partial charge is 0.289 e. The summed E-state index contributed by atoms with van der Waals surface area (Å²) in [6, 6.07) is 15.9. The molecule has 0 aliphatic rings. The Balaban J connectivity index is 1.50. The molecule has 0 aliphatic carbocycles. The average molecular weight is 350 g/mol. The summed E-state index contributed by atoms with van der Waals surface area (Å²) in [6.07, 6.45) is 5.76. The van der Waals surface area contributed by atoms with Crippen LogP contribution in [-0.4, -0.2) is 23.3 Å². The number of nitrogens with one attached hydrogen (secondary N) is 1. The summed E-state index contributed by atoms with van der Waals surface area (Å²) < 4.78 is 5.79. The zero-order valence-corrected chi connectivity index (χ0v) is 14.5. The number of aryl methyl sites for hydroxylation is 1. The lowest BCUT2D eigenvalue weighted by Crippen LogP contribution is -2.22. The number of ether oxygens (including phenoxy) is 1. The van der Waals surface area contributed by atoms with Crippen LogP contribution in [0, 0.1) is 0 Å². The van der Waals surface area contributed by atoms with E-state index in [2.05, 4.69) is 29.2 Å². The van der Waals surface area contributed by atoms with E-state index in [-0.39, 0.29) is 5.56 Å². The Bertz CT molecular complexity index is 900. The van der Waals surface area contributed by atoms with Crippen LogP contribution in [0.25, 0.3) is 10.9 Å². The van der Waals surface area contributed by atoms with Gasteiger partial charge in [0.2, 0.25) is 0 Å². The maximum atomic E-state index is 11.8. The Morgan fingerprint density at radius 2 is 1.81 bits per heavy atom. The van der Waals surface area contributed by atoms with Crippen molar-refractivity contribution in [3.8, 4) is 5.75 Å². The summed E-state index contributed by atoms with van der Waals surface area (Å²) in [5, 5.41) is 0.648. The third-order valence-electron chi connectivity index (χ3n) is 4.34. The molecule has 0 bridgehead atoms. The highest BCUT2D eigenvalue weighted by Gasteiger charge is 2.17. The number of aromatic nitrogens is 1. The Kier molecular flexibility index (Phi) is 5.69. The number of ketones is 1. The first kappa shape index (κ1) is 17.7. The first-order valence-corrected chi connectivity index (χ1v) is 8.77. The largest absolute Gasteiger partial charge is 0.494 e. The molecule has 0 saturated heterocycles. The topological polar surface area (TPSA) is 85.2 Å². The second-order valence-corrected chi connectivity index (χ2v) is 6.25. The second kappa shape index (κ2) is 8.34. The van der Waals surface area contributed by atoms with E-state index in [1.807, 2.05) is 18.2 Å². The fourth-order valence-electron chi connectivity index (χ4n) is 2.95. The maximum absolute atomic E-state index is 11.8. The van der Waals surface area contributed by atoms with Gasteiger partial charge in [-0.1, -0.05) is 30.3 Å². The van der Waals surface area contributed by atoms with E-state index >= 15 is 0 Å². The highest BCUT2D eigenvalue weighted by molar-refractivity contribution is 6.44. The first-order chi connectivity index (χ1) is 12.6. The molecule has 0 saturated carbocycles. The third kappa shape index (κ3) is 4.30. The molecule has 1 amide bonds. The van der Waals surface area contributed by atoms with Gasteiger partial charge in [0, 0.05) is 17.1 Å². The molecule has 5 heteroatoms. The van der Waals surface area contributed by atoms with E-state index in [0.29, 0.717) is 17.7 Å². The van der Waals surface area contributed by atoms with E-state index < -0.39 is 11.7 Å². The molecule has 0 unspecified atom stereocenters. The molecule has 26 heavy (non-hydrogen) atoms. The monoisotopic (exact) mass is 350 g/mol. The Morgan fingerprint density at radius 1 is 1.00 bits per heavy atom. The number of amides is 1. The quantitative estimate of drug-likeness (QED) is 0.351. The van der Waals surface area contributed by atoms with E-state index in [0.717, 1.165) is 31.2 Å². The van der Waals surface area contributed by atoms with Crippen molar-refractivity contribution in [2.24, 2.45) is 5.73 Å². The van der Waals surface area contributed by atoms with E-state index in [1.165, 1.54) is 11.8 Å². The van der Waals surface area contributed by atoms with Crippen LogP contribution in [0.3, 0.4) is 0 Å². The summed E-state index contributed by atoms with van der Waals surface area (Å²) in [5.74, 6) is -0.983. The van der Waals surface area contributed by atoms with Gasteiger partial charge in [-0.2, -0.15) is 0 Å². The predicted octanol–water partition coefficient (Wildman–Crippen LogP) is 3.63. The van der Waals surface area contributed by atoms with Gasteiger partial charge in [-0.15, -0.1) is 0 Å². The molecule has 1 heterocycles. The van der Waals surface area contributed by atoms with Crippen LogP contribution < -0.4 is 10.5 Å². The number of unbranched alkanes of at least 4 members (excludes halogenated alkanes) is 2. The van der Waals surface area contributed by atoms with Crippen molar-refractivity contribution in [1.82, 2.24) is 4.98 Å². The zero-order chi connectivity index (χ0) is 18.4. The van der Waals surface area contributed by atoms with Crippen molar-refractivity contribution < 1.29 is 14.3 Å². The number of hydrogen-bond donors (Lipinski definition) is 2. The lowest BCUT2D eigenvalue weighted by Gasteiger charge is -2.07. The Morgan fingerprint density at radius 3 is 2.58 bits per heavy atom. The minimum Gasteiger partial charge on any atom is -0.494 e. The van der Waals surface area contributed by atoms with E-state index in [4.69, 9.17) is 10.5 Å². The summed E-state index contributed by atoms with van der Waals surface area (Å²) in [4.78, 5) is 25.9. The van der Waals surface area contributed by atoms with Crippen molar-refractivity contribution in [1.29, 1.82) is 0 Å². The number of carbonyl (C=O) groups is 2. The fraction of sp³-hybridized carbons (Fsp3) is 0.238. The molecular weight excluding hydrogens is 328 g/mol. The highest BCUT2D eigenvalue weighted by atomic mass is 16.5. The summed E-state index contributed by atoms with van der Waals surface area (Å²) in [6.45, 7) is 0.615. The second-order valence-electron chi connectivity index (χ2n) is 6.25. The van der Waals surface area contributed by atoms with Crippen LogP contribution >= 0.6 is 0 Å². The number of primary amides is 1. The average Bonchev–Trinajstić information content (AvgIpc) is 3.07. The molecular formula is C21H22N2O3. The molecule has 0 aliphatic heterocycles. The van der Waals surface area contributed by atoms with Gasteiger partial charge in [0.1, 0.15) is 5.75 Å². The van der Waals surface area contributed by atoms with Gasteiger partial charge in [0.25, 0.3) is 11.7 Å². The molecule has 2 aromatic carbocycles. The molecule has 134 valence electrons. The maximum Gasteiger partial charge on any atom is 0.289 e. The SMILES string of the molecule is NC(=O)C(=O)c1c[nH]c2ccc(OCCCCCc3ccccc3)cc12. The number of benzene rings is 2. The van der Waals surface area contributed by atoms with Crippen molar-refractivity contribution in [2.45, 2.75) is 25.7 Å². The normalized spacial score (nSPS) is 10.8. The zero-order valence-electron chi connectivity index (χ0n) is 14.5. The Hall–Kier alpha value is -3.08. The number of aromatic amines is 1. The van der Waals surface area contributed by atoms with Gasteiger partial charge in [-0.05, 0) is 49.4 Å². The van der Waals surface area contributed by atoms with Crippen molar-refractivity contribution in [3.05, 3.63) is 65.9 Å². The van der Waals surface area contributed by atoms with Crippen LogP contribution in [0.4, 0.5) is 0 Å². The predicted molar refractivity (Wildman–Crippen MR) is 101 cm³/mol. The van der Waals surface area contributed by atoms with Gasteiger partial charge in [-0.3, -0.25) is 9.59 Å². The third-order valence-corrected chi connectivity index (χ3v) is 4.34. The van der Waals surface area contributed by atoms with Crippen molar-refractivity contribution in [2.75, 3.05) is 6.61 Å². The molecule has 0 radical (unpaired) electrons. The highest BCUT2D eigenvalue weighted by Crippen LogP contribution is 2.24. The number of H-pyrrole nitrogens is 1. The van der Waals surface area contributed by atoms with Crippen LogP contribution in [0.5, 0.6) is 5.75 Å². The Labute approximate surface area is 152 Å². The molecule has 0 atom stereocenters. The lowest BCUT2D eigenvalue weighted by molar-refractivity contribution is -0.114. The number of fused-ring (bicyclic) bond motifs is 1. The fourth-order valence-corrected chi connectivity index (χ4v) is 2.95. The molecule has 3 aromatic rings. The van der Waals surface area contributed by atoms with Gasteiger partial charge in [0.15, 0.2) is 0 Å². The number of nitrogens with two attached hydrogens (primary N) is 1. The number of rotatable bonds is 9. The van der Waals surface area contributed by atoms with Crippen LogP contribution in [0.15, 0.2) is 54.7 Å². The van der Waals surface area contributed by atoms with E-state index in [9.17, 15) is 9.59 Å². The number of Topliss-reactive ketones (excluding diaryl/α,β-unsaturated/α-hetero) is 1. The molecule has 3 N–H and O–H groups in total. The molecule has 0 spiro atoms. The van der Waals surface area contributed by atoms with Gasteiger partial charge in [0.05, 0.1) is 12.2 Å². The standard InChI is InChI=1S/C21H22N2O3/c22-21(25)20(24)18-14-23-19-11-10-16(13-17(18)19)26-12-6-2-5-9-15-7-3-1-4-8-15/h1,3-4,7-8,10-11,13-14,23H,2,5-6,9,12H2,(H2,22,25). The summed E-state index contributed by atoms with van der Waals surface area (Å²) in [5.41, 5.74) is 7.50.